The van der Waals surface area contributed by atoms with E-state index in [-0.39, 0.29) is 17.5 Å². The van der Waals surface area contributed by atoms with Crippen LogP contribution in [0.1, 0.15) is 30.4 Å². The first-order chi connectivity index (χ1) is 11.6. The normalized spacial score (nSPS) is 17.9. The summed E-state index contributed by atoms with van der Waals surface area (Å²) in [7, 11) is 0. The lowest BCUT2D eigenvalue weighted by Gasteiger charge is -2.35. The molecule has 2 aromatic rings. The van der Waals surface area contributed by atoms with Gasteiger partial charge < -0.3 is 19.2 Å². The van der Waals surface area contributed by atoms with Gasteiger partial charge in [-0.25, -0.2) is 9.97 Å². The molecule has 8 nitrogen and oxygen atoms in total. The maximum absolute atomic E-state index is 12.6. The molecule has 0 unspecified atom stereocenters. The van der Waals surface area contributed by atoms with Crippen molar-refractivity contribution in [1.29, 1.82) is 0 Å². The van der Waals surface area contributed by atoms with Crippen molar-refractivity contribution < 1.29 is 9.53 Å². The van der Waals surface area contributed by atoms with Crippen LogP contribution in [0.2, 0.25) is 0 Å². The molecular formula is C16H21N5O3. The van der Waals surface area contributed by atoms with E-state index in [0.29, 0.717) is 37.7 Å². The lowest BCUT2D eigenvalue weighted by Crippen LogP contribution is -2.44. The Balaban J connectivity index is 1.67. The van der Waals surface area contributed by atoms with Gasteiger partial charge in [0.1, 0.15) is 5.82 Å². The second-order valence-electron chi connectivity index (χ2n) is 5.84. The second-order valence-corrected chi connectivity index (χ2v) is 5.84. The zero-order valence-electron chi connectivity index (χ0n) is 13.6. The van der Waals surface area contributed by atoms with Crippen LogP contribution in [0.5, 0.6) is 0 Å². The smallest absolute Gasteiger partial charge is 0.251 e. The Bertz CT molecular complexity index is 740. The van der Waals surface area contributed by atoms with Crippen LogP contribution < -0.4 is 5.56 Å². The van der Waals surface area contributed by atoms with Gasteiger partial charge in [-0.2, -0.15) is 0 Å². The number of nitrogens with one attached hydrogen (secondary N) is 1. The number of nitrogens with zero attached hydrogens (tertiary/aromatic N) is 4. The van der Waals surface area contributed by atoms with Crippen LogP contribution in [-0.4, -0.2) is 50.1 Å². The van der Waals surface area contributed by atoms with Crippen molar-refractivity contribution in [3.05, 3.63) is 46.7 Å². The van der Waals surface area contributed by atoms with Crippen LogP contribution in [0.15, 0.2) is 29.6 Å². The number of ether oxygens (including phenoxy) is 1. The molecule has 3 heterocycles. The predicted octanol–water partition coefficient (Wildman–Crippen LogP) is 0.655. The summed E-state index contributed by atoms with van der Waals surface area (Å²) in [5.74, 6) is 0.596. The van der Waals surface area contributed by atoms with Crippen molar-refractivity contribution in [2.24, 2.45) is 0 Å². The lowest BCUT2D eigenvalue weighted by atomic mass is 10.1. The van der Waals surface area contributed by atoms with E-state index in [1.165, 1.54) is 6.07 Å². The van der Waals surface area contributed by atoms with Gasteiger partial charge >= 0.3 is 0 Å². The molecule has 1 atom stereocenters. The van der Waals surface area contributed by atoms with Crippen molar-refractivity contribution in [3.8, 4) is 0 Å². The van der Waals surface area contributed by atoms with Crippen molar-refractivity contribution in [3.63, 3.8) is 0 Å². The van der Waals surface area contributed by atoms with Gasteiger partial charge in [-0.15, -0.1) is 0 Å². The van der Waals surface area contributed by atoms with E-state index in [9.17, 15) is 9.59 Å². The van der Waals surface area contributed by atoms with E-state index in [0.717, 1.165) is 13.0 Å². The minimum atomic E-state index is -0.305. The number of H-pyrrole nitrogens is 1. The third-order valence-corrected chi connectivity index (χ3v) is 4.04. The molecule has 0 saturated carbocycles. The summed E-state index contributed by atoms with van der Waals surface area (Å²) in [6.45, 7) is 3.87. The third-order valence-electron chi connectivity index (χ3n) is 4.04. The molecule has 128 valence electrons. The second kappa shape index (κ2) is 7.39. The molecule has 0 aromatic carbocycles. The summed E-state index contributed by atoms with van der Waals surface area (Å²) in [4.78, 5) is 37.1. The average molecular weight is 331 g/mol. The molecule has 1 N–H and O–H groups in total. The maximum atomic E-state index is 12.6. The molecule has 24 heavy (non-hydrogen) atoms. The number of hydrogen-bond donors (Lipinski definition) is 1. The predicted molar refractivity (Wildman–Crippen MR) is 86.3 cm³/mol. The van der Waals surface area contributed by atoms with Gasteiger partial charge in [0.2, 0.25) is 5.91 Å². The largest absolute Gasteiger partial charge is 0.377 e. The lowest BCUT2D eigenvalue weighted by molar-refractivity contribution is -0.140. The summed E-state index contributed by atoms with van der Waals surface area (Å²) < 4.78 is 7.45. The summed E-state index contributed by atoms with van der Waals surface area (Å²) >= 11 is 0. The fourth-order valence-electron chi connectivity index (χ4n) is 2.90. The Kier molecular flexibility index (Phi) is 5.05. The zero-order chi connectivity index (χ0) is 16.9. The number of aromatic nitrogens is 4. The number of aromatic amines is 1. The van der Waals surface area contributed by atoms with Gasteiger partial charge in [-0.3, -0.25) is 9.59 Å². The van der Waals surface area contributed by atoms with Gasteiger partial charge in [0, 0.05) is 38.0 Å². The number of morpholine rings is 1. The molecule has 1 aliphatic heterocycles. The third kappa shape index (κ3) is 3.88. The van der Waals surface area contributed by atoms with Crippen LogP contribution in [0.3, 0.4) is 0 Å². The fourth-order valence-corrected chi connectivity index (χ4v) is 2.90. The minimum absolute atomic E-state index is 0.0585. The van der Waals surface area contributed by atoms with E-state index < -0.39 is 0 Å². The van der Waals surface area contributed by atoms with Gasteiger partial charge in [0.25, 0.3) is 5.56 Å². The van der Waals surface area contributed by atoms with Gasteiger partial charge in [0.15, 0.2) is 0 Å². The van der Waals surface area contributed by atoms with E-state index in [1.807, 2.05) is 10.8 Å². The van der Waals surface area contributed by atoms with Crippen LogP contribution >= 0.6 is 0 Å². The van der Waals surface area contributed by atoms with Crippen LogP contribution in [0.4, 0.5) is 0 Å². The number of carbonyl (C=O) groups is 1. The standard InChI is InChI=1S/C16H21N5O3/c1-12-18-13(9-15(22)19-12)14-10-24-8-7-21(14)16(23)3-2-5-20-6-4-17-11-20/h4,6,9,11,14H,2-3,5,7-8,10H2,1H3,(H,18,19,22)/t14-/m1/s1. The highest BCUT2D eigenvalue weighted by molar-refractivity contribution is 5.76. The van der Waals surface area contributed by atoms with E-state index in [1.54, 1.807) is 24.3 Å². The van der Waals surface area contributed by atoms with E-state index in [4.69, 9.17) is 4.74 Å². The molecule has 1 aliphatic rings. The molecule has 0 spiro atoms. The number of hydrogen-bond acceptors (Lipinski definition) is 5. The summed E-state index contributed by atoms with van der Waals surface area (Å²) in [5, 5.41) is 0. The molecule has 1 saturated heterocycles. The molecule has 1 amide bonds. The van der Waals surface area contributed by atoms with Crippen molar-refractivity contribution in [2.45, 2.75) is 32.4 Å². The Hall–Kier alpha value is -2.48. The van der Waals surface area contributed by atoms with Crippen LogP contribution in [0.25, 0.3) is 0 Å². The molecule has 8 heteroatoms. The van der Waals surface area contributed by atoms with E-state index >= 15 is 0 Å². The Labute approximate surface area is 139 Å². The Morgan fingerprint density at radius 2 is 2.38 bits per heavy atom. The quantitative estimate of drug-likeness (QED) is 0.868. The molecule has 2 aromatic heterocycles. The van der Waals surface area contributed by atoms with Crippen LogP contribution in [0, 0.1) is 6.92 Å². The topological polar surface area (TPSA) is 93.1 Å². The molecular weight excluding hydrogens is 310 g/mol. The SMILES string of the molecule is Cc1nc([C@H]2COCCN2C(=O)CCCn2ccnc2)cc(=O)[nH]1. The highest BCUT2D eigenvalue weighted by Crippen LogP contribution is 2.23. The van der Waals surface area contributed by atoms with Crippen LogP contribution in [-0.2, 0) is 16.1 Å². The summed E-state index contributed by atoms with van der Waals surface area (Å²) in [6, 6.07) is 1.14. The monoisotopic (exact) mass is 331 g/mol. The first-order valence-electron chi connectivity index (χ1n) is 8.04. The number of aryl methyl sites for hydroxylation is 2. The fraction of sp³-hybridized carbons (Fsp3) is 0.500. The Morgan fingerprint density at radius 1 is 1.50 bits per heavy atom. The zero-order valence-corrected chi connectivity index (χ0v) is 13.6. The van der Waals surface area contributed by atoms with E-state index in [2.05, 4.69) is 15.0 Å². The molecule has 0 bridgehead atoms. The van der Waals surface area contributed by atoms with Gasteiger partial charge in [0.05, 0.1) is 31.3 Å². The first-order valence-corrected chi connectivity index (χ1v) is 8.04. The van der Waals surface area contributed by atoms with Crippen molar-refractivity contribution >= 4 is 5.91 Å². The van der Waals surface area contributed by atoms with Crippen molar-refractivity contribution in [2.75, 3.05) is 19.8 Å². The molecule has 0 aliphatic carbocycles. The molecule has 3 rings (SSSR count). The Morgan fingerprint density at radius 3 is 3.12 bits per heavy atom. The average Bonchev–Trinajstić information content (AvgIpc) is 3.07. The van der Waals surface area contributed by atoms with Gasteiger partial charge in [-0.05, 0) is 13.3 Å². The highest BCUT2D eigenvalue weighted by atomic mass is 16.5. The first kappa shape index (κ1) is 16.4. The summed E-state index contributed by atoms with van der Waals surface area (Å²) in [5.41, 5.74) is 0.370. The maximum Gasteiger partial charge on any atom is 0.251 e. The molecule has 1 fully saturated rings. The van der Waals surface area contributed by atoms with Crippen molar-refractivity contribution in [1.82, 2.24) is 24.4 Å². The number of amides is 1. The van der Waals surface area contributed by atoms with Gasteiger partial charge in [-0.1, -0.05) is 0 Å². The number of carbonyl (C=O) groups excluding carboxylic acids is 1. The summed E-state index contributed by atoms with van der Waals surface area (Å²) in [6.07, 6.45) is 6.52. The minimum Gasteiger partial charge on any atom is -0.377 e. The number of rotatable bonds is 5. The molecule has 0 radical (unpaired) electrons. The number of imidazole rings is 1. The highest BCUT2D eigenvalue weighted by Gasteiger charge is 2.29.